The Morgan fingerprint density at radius 1 is 1.20 bits per heavy atom. The third-order valence-corrected chi connectivity index (χ3v) is 2.60. The average Bonchev–Trinajstić information content (AvgIpc) is 2.46. The fraction of sp³-hybridized carbons (Fsp3) is 0.0667. The van der Waals surface area contributed by atoms with Crippen LogP contribution in [-0.4, -0.2) is 12.5 Å². The predicted molar refractivity (Wildman–Crippen MR) is 74.7 cm³/mol. The minimum atomic E-state index is -0.370. The summed E-state index contributed by atoms with van der Waals surface area (Å²) in [4.78, 5) is 11.8. The van der Waals surface area contributed by atoms with Crippen LogP contribution in [0.4, 0.5) is 15.8 Å². The van der Waals surface area contributed by atoms with Gasteiger partial charge in [-0.25, -0.2) is 4.39 Å². The molecule has 20 heavy (non-hydrogen) atoms. The van der Waals surface area contributed by atoms with Crippen LogP contribution in [0.2, 0.25) is 0 Å². The van der Waals surface area contributed by atoms with Gasteiger partial charge in [0.25, 0.3) is 0 Å². The first-order valence-electron chi connectivity index (χ1n) is 5.97. The Morgan fingerprint density at radius 2 is 2.00 bits per heavy atom. The van der Waals surface area contributed by atoms with E-state index in [1.807, 2.05) is 6.07 Å². The van der Waals surface area contributed by atoms with E-state index < -0.39 is 0 Å². The van der Waals surface area contributed by atoms with Crippen LogP contribution in [0.5, 0.6) is 0 Å². The molecule has 0 unspecified atom stereocenters. The molecule has 2 aromatic rings. The quantitative estimate of drug-likeness (QED) is 0.897. The molecule has 100 valence electrons. The number of nitriles is 1. The lowest BCUT2D eigenvalue weighted by atomic mass is 10.2. The largest absolute Gasteiger partial charge is 0.376 e. The van der Waals surface area contributed by atoms with Crippen molar-refractivity contribution in [1.82, 2.24) is 0 Å². The predicted octanol–water partition coefficient (Wildman–Crippen LogP) is 2.75. The molecule has 0 atom stereocenters. The molecule has 0 saturated heterocycles. The number of amides is 1. The monoisotopic (exact) mass is 269 g/mol. The highest BCUT2D eigenvalue weighted by atomic mass is 19.1. The summed E-state index contributed by atoms with van der Waals surface area (Å²) in [6.45, 7) is -0.0107. The zero-order valence-electron chi connectivity index (χ0n) is 10.6. The average molecular weight is 269 g/mol. The number of hydrogen-bond donors (Lipinski definition) is 2. The van der Waals surface area contributed by atoms with Gasteiger partial charge in [0, 0.05) is 5.69 Å². The molecule has 0 radical (unpaired) electrons. The maximum atomic E-state index is 13.0. The fourth-order valence-corrected chi connectivity index (χ4v) is 1.66. The molecular weight excluding hydrogens is 257 g/mol. The van der Waals surface area contributed by atoms with E-state index in [1.165, 1.54) is 12.1 Å². The van der Waals surface area contributed by atoms with E-state index in [0.29, 0.717) is 16.9 Å². The van der Waals surface area contributed by atoms with Crippen LogP contribution in [0.15, 0.2) is 48.5 Å². The van der Waals surface area contributed by atoms with Crippen molar-refractivity contribution >= 4 is 17.3 Å². The fourth-order valence-electron chi connectivity index (χ4n) is 1.66. The first-order valence-corrected chi connectivity index (χ1v) is 5.97. The topological polar surface area (TPSA) is 64.9 Å². The summed E-state index contributed by atoms with van der Waals surface area (Å²) in [5.74, 6) is -0.679. The highest BCUT2D eigenvalue weighted by Crippen LogP contribution is 2.13. The molecule has 0 aromatic heterocycles. The number of rotatable bonds is 4. The number of benzene rings is 2. The summed E-state index contributed by atoms with van der Waals surface area (Å²) >= 11 is 0. The van der Waals surface area contributed by atoms with Gasteiger partial charge in [-0.15, -0.1) is 0 Å². The smallest absolute Gasteiger partial charge is 0.243 e. The summed E-state index contributed by atoms with van der Waals surface area (Å²) in [5.41, 5.74) is 1.38. The molecule has 0 aliphatic heterocycles. The second-order valence-corrected chi connectivity index (χ2v) is 4.07. The maximum absolute atomic E-state index is 13.0. The Kier molecular flexibility index (Phi) is 4.30. The number of hydrogen-bond acceptors (Lipinski definition) is 3. The van der Waals surface area contributed by atoms with Crippen LogP contribution in [0, 0.1) is 17.1 Å². The van der Waals surface area contributed by atoms with Gasteiger partial charge >= 0.3 is 0 Å². The lowest BCUT2D eigenvalue weighted by molar-refractivity contribution is -0.114. The van der Waals surface area contributed by atoms with E-state index in [0.717, 1.165) is 0 Å². The number of para-hydroxylation sites is 1. The summed E-state index contributed by atoms with van der Waals surface area (Å²) in [7, 11) is 0. The van der Waals surface area contributed by atoms with Crippen molar-refractivity contribution in [1.29, 1.82) is 5.26 Å². The molecule has 2 rings (SSSR count). The van der Waals surface area contributed by atoms with E-state index in [4.69, 9.17) is 5.26 Å². The second-order valence-electron chi connectivity index (χ2n) is 4.07. The Morgan fingerprint density at radius 3 is 2.75 bits per heavy atom. The number of carbonyl (C=O) groups is 1. The zero-order valence-corrected chi connectivity index (χ0v) is 10.6. The van der Waals surface area contributed by atoms with Crippen LogP contribution < -0.4 is 10.6 Å². The number of nitrogens with one attached hydrogen (secondary N) is 2. The summed E-state index contributed by atoms with van der Waals surface area (Å²) in [6, 6.07) is 14.6. The van der Waals surface area contributed by atoms with Crippen LogP contribution in [0.1, 0.15) is 5.56 Å². The molecule has 0 saturated carbocycles. The highest BCUT2D eigenvalue weighted by Gasteiger charge is 2.06. The molecule has 0 aliphatic carbocycles. The molecule has 0 heterocycles. The van der Waals surface area contributed by atoms with Gasteiger partial charge in [-0.3, -0.25) is 4.79 Å². The molecular formula is C15H12FN3O. The number of carbonyl (C=O) groups excluding carboxylic acids is 1. The van der Waals surface area contributed by atoms with Gasteiger partial charge in [0.05, 0.1) is 17.8 Å². The first-order chi connectivity index (χ1) is 9.69. The molecule has 0 bridgehead atoms. The van der Waals surface area contributed by atoms with Crippen molar-refractivity contribution in [2.45, 2.75) is 0 Å². The standard InChI is InChI=1S/C15H12FN3O/c16-12-5-3-6-13(8-12)18-10-15(20)19-14-7-2-1-4-11(14)9-17/h1-8,18H,10H2,(H,19,20). The zero-order chi connectivity index (χ0) is 14.4. The molecule has 1 amide bonds. The minimum absolute atomic E-state index is 0.0107. The third-order valence-electron chi connectivity index (χ3n) is 2.60. The van der Waals surface area contributed by atoms with Crippen molar-refractivity contribution in [3.05, 3.63) is 59.9 Å². The van der Waals surface area contributed by atoms with E-state index in [1.54, 1.807) is 36.4 Å². The SMILES string of the molecule is N#Cc1ccccc1NC(=O)CNc1cccc(F)c1. The van der Waals surface area contributed by atoms with Crippen molar-refractivity contribution in [3.63, 3.8) is 0 Å². The molecule has 2 aromatic carbocycles. The highest BCUT2D eigenvalue weighted by molar-refractivity contribution is 5.94. The van der Waals surface area contributed by atoms with Gasteiger partial charge in [-0.2, -0.15) is 5.26 Å². The lowest BCUT2D eigenvalue weighted by Crippen LogP contribution is -2.22. The van der Waals surface area contributed by atoms with Gasteiger partial charge in [0.2, 0.25) is 5.91 Å². The van der Waals surface area contributed by atoms with Crippen LogP contribution >= 0.6 is 0 Å². The van der Waals surface area contributed by atoms with Crippen LogP contribution in [0.3, 0.4) is 0 Å². The summed E-state index contributed by atoms with van der Waals surface area (Å²) < 4.78 is 13.0. The van der Waals surface area contributed by atoms with Gasteiger partial charge in [0.15, 0.2) is 0 Å². The minimum Gasteiger partial charge on any atom is -0.376 e. The molecule has 2 N–H and O–H groups in total. The maximum Gasteiger partial charge on any atom is 0.243 e. The van der Waals surface area contributed by atoms with Gasteiger partial charge in [-0.05, 0) is 30.3 Å². The Labute approximate surface area is 115 Å². The first kappa shape index (κ1) is 13.6. The molecule has 0 fully saturated rings. The number of nitrogens with zero attached hydrogens (tertiary/aromatic N) is 1. The lowest BCUT2D eigenvalue weighted by Gasteiger charge is -2.08. The summed E-state index contributed by atoms with van der Waals surface area (Å²) in [6.07, 6.45) is 0. The Balaban J connectivity index is 1.95. The Hall–Kier alpha value is -2.87. The number of halogens is 1. The second kappa shape index (κ2) is 6.34. The van der Waals surface area contributed by atoms with Crippen molar-refractivity contribution in [2.75, 3.05) is 17.2 Å². The molecule has 5 heteroatoms. The number of anilines is 2. The van der Waals surface area contributed by atoms with Crippen molar-refractivity contribution in [3.8, 4) is 6.07 Å². The van der Waals surface area contributed by atoms with Gasteiger partial charge < -0.3 is 10.6 Å². The van der Waals surface area contributed by atoms with Gasteiger partial charge in [-0.1, -0.05) is 18.2 Å². The molecule has 0 aliphatic rings. The van der Waals surface area contributed by atoms with E-state index >= 15 is 0 Å². The normalized spacial score (nSPS) is 9.60. The molecule has 4 nitrogen and oxygen atoms in total. The van der Waals surface area contributed by atoms with Crippen molar-refractivity contribution < 1.29 is 9.18 Å². The summed E-state index contributed by atoms with van der Waals surface area (Å²) in [5, 5.41) is 14.3. The van der Waals surface area contributed by atoms with Crippen molar-refractivity contribution in [2.24, 2.45) is 0 Å². The van der Waals surface area contributed by atoms with Gasteiger partial charge in [0.1, 0.15) is 11.9 Å². The van der Waals surface area contributed by atoms with E-state index in [2.05, 4.69) is 10.6 Å². The van der Waals surface area contributed by atoms with E-state index in [9.17, 15) is 9.18 Å². The molecule has 0 spiro atoms. The Bertz CT molecular complexity index is 664. The third kappa shape index (κ3) is 3.56. The van der Waals surface area contributed by atoms with Crippen LogP contribution in [0.25, 0.3) is 0 Å². The van der Waals surface area contributed by atoms with Crippen LogP contribution in [-0.2, 0) is 4.79 Å². The van der Waals surface area contributed by atoms with E-state index in [-0.39, 0.29) is 18.3 Å².